The van der Waals surface area contributed by atoms with E-state index in [1.165, 1.54) is 0 Å². The Morgan fingerprint density at radius 3 is 2.42 bits per heavy atom. The van der Waals surface area contributed by atoms with Gasteiger partial charge in [0.2, 0.25) is 5.91 Å². The van der Waals surface area contributed by atoms with Crippen LogP contribution >= 0.6 is 0 Å². The van der Waals surface area contributed by atoms with E-state index in [9.17, 15) is 9.59 Å². The van der Waals surface area contributed by atoms with Gasteiger partial charge >= 0.3 is 0 Å². The molecular formula is C26H29N3O2. The Balaban J connectivity index is 1.61. The molecular weight excluding hydrogens is 386 g/mol. The molecule has 1 atom stereocenters. The van der Waals surface area contributed by atoms with E-state index in [-0.39, 0.29) is 24.4 Å². The monoisotopic (exact) mass is 415 g/mol. The minimum Gasteiger partial charge on any atom is -0.348 e. The quantitative estimate of drug-likeness (QED) is 0.627. The van der Waals surface area contributed by atoms with Crippen molar-refractivity contribution < 1.29 is 9.59 Å². The second-order valence-corrected chi connectivity index (χ2v) is 8.16. The molecule has 0 aliphatic carbocycles. The third-order valence-corrected chi connectivity index (χ3v) is 6.14. The van der Waals surface area contributed by atoms with Gasteiger partial charge in [-0.1, -0.05) is 42.0 Å². The molecule has 0 N–H and O–H groups in total. The first-order valence-corrected chi connectivity index (χ1v) is 10.9. The standard InChI is InChI=1S/C26H29N3O2/c1-4-27(26(31)21-13-11-19(2)12-14-21)18-24(30)29-17-16-28-15-7-10-23(28)25(29)22-9-6-5-8-20(22)3/h5-15,25H,4,16-18H2,1-3H3/t25-/m0/s1. The van der Waals surface area contributed by atoms with Gasteiger partial charge in [-0.3, -0.25) is 9.59 Å². The minimum atomic E-state index is -0.148. The summed E-state index contributed by atoms with van der Waals surface area (Å²) in [6.07, 6.45) is 2.07. The molecule has 0 bridgehead atoms. The van der Waals surface area contributed by atoms with Gasteiger partial charge in [-0.05, 0) is 56.2 Å². The van der Waals surface area contributed by atoms with Crippen LogP contribution in [-0.2, 0) is 11.3 Å². The molecule has 0 spiro atoms. The first-order valence-electron chi connectivity index (χ1n) is 10.9. The number of rotatable bonds is 5. The number of amides is 2. The molecule has 1 aliphatic heterocycles. The molecule has 4 rings (SSSR count). The summed E-state index contributed by atoms with van der Waals surface area (Å²) in [6, 6.07) is 19.7. The van der Waals surface area contributed by atoms with Gasteiger partial charge in [0.25, 0.3) is 5.91 Å². The third kappa shape index (κ3) is 4.13. The smallest absolute Gasteiger partial charge is 0.254 e. The fourth-order valence-corrected chi connectivity index (χ4v) is 4.33. The highest BCUT2D eigenvalue weighted by molar-refractivity contribution is 5.96. The van der Waals surface area contributed by atoms with Crippen LogP contribution in [0.3, 0.4) is 0 Å². The van der Waals surface area contributed by atoms with Gasteiger partial charge in [-0.25, -0.2) is 0 Å². The first-order chi connectivity index (χ1) is 15.0. The summed E-state index contributed by atoms with van der Waals surface area (Å²) in [4.78, 5) is 30.1. The Kier molecular flexibility index (Phi) is 5.94. The lowest BCUT2D eigenvalue weighted by atomic mass is 9.95. The molecule has 2 amide bonds. The van der Waals surface area contributed by atoms with Crippen LogP contribution in [0.2, 0.25) is 0 Å². The number of likely N-dealkylation sites (N-methyl/N-ethyl adjacent to an activating group) is 1. The molecule has 0 fully saturated rings. The minimum absolute atomic E-state index is 0.0250. The molecule has 5 nitrogen and oxygen atoms in total. The van der Waals surface area contributed by atoms with Gasteiger partial charge in [0.05, 0.1) is 6.04 Å². The summed E-state index contributed by atoms with van der Waals surface area (Å²) in [6.45, 7) is 7.93. The predicted molar refractivity (Wildman–Crippen MR) is 122 cm³/mol. The van der Waals surface area contributed by atoms with Crippen molar-refractivity contribution in [1.29, 1.82) is 0 Å². The van der Waals surface area contributed by atoms with Crippen molar-refractivity contribution in [2.75, 3.05) is 19.6 Å². The van der Waals surface area contributed by atoms with E-state index in [0.29, 0.717) is 18.7 Å². The number of nitrogens with zero attached hydrogens (tertiary/aromatic N) is 3. The molecule has 2 aromatic carbocycles. The van der Waals surface area contributed by atoms with Crippen LogP contribution in [0, 0.1) is 13.8 Å². The lowest BCUT2D eigenvalue weighted by Gasteiger charge is -2.39. The number of benzene rings is 2. The molecule has 1 aromatic heterocycles. The summed E-state index contributed by atoms with van der Waals surface area (Å²) in [5.74, 6) is -0.133. The Morgan fingerprint density at radius 2 is 1.71 bits per heavy atom. The van der Waals surface area contributed by atoms with Crippen LogP contribution < -0.4 is 0 Å². The van der Waals surface area contributed by atoms with Crippen LogP contribution in [0.1, 0.15) is 45.7 Å². The maximum Gasteiger partial charge on any atom is 0.254 e. The van der Waals surface area contributed by atoms with Crippen LogP contribution in [0.5, 0.6) is 0 Å². The van der Waals surface area contributed by atoms with Gasteiger partial charge in [0.15, 0.2) is 0 Å². The molecule has 0 saturated carbocycles. The van der Waals surface area contributed by atoms with E-state index in [0.717, 1.165) is 28.9 Å². The Morgan fingerprint density at radius 1 is 0.968 bits per heavy atom. The first kappa shape index (κ1) is 20.9. The summed E-state index contributed by atoms with van der Waals surface area (Å²) in [5, 5.41) is 0. The number of carbonyl (C=O) groups excluding carboxylic acids is 2. The molecule has 5 heteroatoms. The Labute approximate surface area is 183 Å². The van der Waals surface area contributed by atoms with Crippen LogP contribution in [0.25, 0.3) is 0 Å². The van der Waals surface area contributed by atoms with Crippen LogP contribution in [-0.4, -0.2) is 45.8 Å². The predicted octanol–water partition coefficient (Wildman–Crippen LogP) is 4.20. The number of hydrogen-bond donors (Lipinski definition) is 0. The van der Waals surface area contributed by atoms with Crippen LogP contribution in [0.4, 0.5) is 0 Å². The molecule has 0 radical (unpaired) electrons. The SMILES string of the molecule is CCN(CC(=O)N1CCn2cccc2[C@@H]1c1ccccc1C)C(=O)c1ccc(C)cc1. The fourth-order valence-electron chi connectivity index (χ4n) is 4.33. The van der Waals surface area contributed by atoms with E-state index in [2.05, 4.69) is 35.9 Å². The summed E-state index contributed by atoms with van der Waals surface area (Å²) in [5.41, 5.74) is 5.12. The molecule has 2 heterocycles. The zero-order chi connectivity index (χ0) is 22.0. The average molecular weight is 416 g/mol. The van der Waals surface area contributed by atoms with Gasteiger partial charge in [-0.15, -0.1) is 0 Å². The lowest BCUT2D eigenvalue weighted by Crippen LogP contribution is -2.48. The average Bonchev–Trinajstić information content (AvgIpc) is 3.26. The maximum atomic E-state index is 13.5. The van der Waals surface area contributed by atoms with Gasteiger partial charge in [0.1, 0.15) is 6.54 Å². The van der Waals surface area contributed by atoms with E-state index in [4.69, 9.17) is 0 Å². The topological polar surface area (TPSA) is 45.6 Å². The second-order valence-electron chi connectivity index (χ2n) is 8.16. The molecule has 1 aliphatic rings. The van der Waals surface area contributed by atoms with E-state index >= 15 is 0 Å². The van der Waals surface area contributed by atoms with Crippen molar-refractivity contribution in [3.05, 3.63) is 94.8 Å². The highest BCUT2D eigenvalue weighted by atomic mass is 16.2. The molecule has 3 aromatic rings. The van der Waals surface area contributed by atoms with Crippen LogP contribution in [0.15, 0.2) is 66.9 Å². The third-order valence-electron chi connectivity index (χ3n) is 6.14. The number of carbonyl (C=O) groups is 2. The highest BCUT2D eigenvalue weighted by Gasteiger charge is 2.34. The summed E-state index contributed by atoms with van der Waals surface area (Å²) < 4.78 is 2.22. The largest absolute Gasteiger partial charge is 0.348 e. The second kappa shape index (κ2) is 8.80. The summed E-state index contributed by atoms with van der Waals surface area (Å²) >= 11 is 0. The molecule has 160 valence electrons. The van der Waals surface area contributed by atoms with E-state index in [1.54, 1.807) is 4.90 Å². The fraction of sp³-hybridized carbons (Fsp3) is 0.308. The highest BCUT2D eigenvalue weighted by Crippen LogP contribution is 2.34. The molecule has 0 unspecified atom stereocenters. The number of aryl methyl sites for hydroxylation is 2. The van der Waals surface area contributed by atoms with Gasteiger partial charge in [-0.2, -0.15) is 0 Å². The van der Waals surface area contributed by atoms with Crippen molar-refractivity contribution in [2.45, 2.75) is 33.4 Å². The van der Waals surface area contributed by atoms with Crippen molar-refractivity contribution in [3.8, 4) is 0 Å². The number of hydrogen-bond acceptors (Lipinski definition) is 2. The van der Waals surface area contributed by atoms with Crippen molar-refractivity contribution in [1.82, 2.24) is 14.4 Å². The van der Waals surface area contributed by atoms with E-state index < -0.39 is 0 Å². The number of fused-ring (bicyclic) bond motifs is 1. The molecule has 0 saturated heterocycles. The Bertz CT molecular complexity index is 1080. The summed E-state index contributed by atoms with van der Waals surface area (Å²) in [7, 11) is 0. The zero-order valence-electron chi connectivity index (χ0n) is 18.4. The van der Waals surface area contributed by atoms with Crippen molar-refractivity contribution in [3.63, 3.8) is 0 Å². The van der Waals surface area contributed by atoms with Crippen molar-refractivity contribution in [2.24, 2.45) is 0 Å². The van der Waals surface area contributed by atoms with Crippen molar-refractivity contribution >= 4 is 11.8 Å². The maximum absolute atomic E-state index is 13.5. The Hall–Kier alpha value is -3.34. The van der Waals surface area contributed by atoms with Gasteiger partial charge < -0.3 is 14.4 Å². The zero-order valence-corrected chi connectivity index (χ0v) is 18.4. The lowest BCUT2D eigenvalue weighted by molar-refractivity contribution is -0.134. The van der Waals surface area contributed by atoms with Gasteiger partial charge in [0, 0.05) is 37.1 Å². The van der Waals surface area contributed by atoms with E-state index in [1.807, 2.05) is 61.2 Å². The molecule has 31 heavy (non-hydrogen) atoms. The number of aromatic nitrogens is 1. The normalized spacial score (nSPS) is 15.5.